The van der Waals surface area contributed by atoms with Crippen molar-refractivity contribution >= 4 is 0 Å². The van der Waals surface area contributed by atoms with Gasteiger partial charge in [-0.05, 0) is 6.42 Å². The molecule has 1 heterocycles. The third kappa shape index (κ3) is 5.34. The third-order valence-electron chi connectivity index (χ3n) is 2.49. The predicted molar refractivity (Wildman–Crippen MR) is 50.7 cm³/mol. The lowest BCUT2D eigenvalue weighted by Crippen LogP contribution is -2.35. The van der Waals surface area contributed by atoms with E-state index in [0.717, 1.165) is 13.0 Å². The van der Waals surface area contributed by atoms with Gasteiger partial charge in [-0.15, -0.1) is 0 Å². The molecule has 2 unspecified atom stereocenters. The van der Waals surface area contributed by atoms with Gasteiger partial charge in [0.2, 0.25) is 0 Å². The van der Waals surface area contributed by atoms with Crippen molar-refractivity contribution in [1.29, 1.82) is 0 Å². The summed E-state index contributed by atoms with van der Waals surface area (Å²) < 4.78 is 40.5. The molecule has 0 radical (unpaired) electrons. The molecular weight excluding hydrogens is 209 g/mol. The van der Waals surface area contributed by atoms with Gasteiger partial charge in [-0.25, -0.2) is 0 Å². The Morgan fingerprint density at radius 3 is 2.73 bits per heavy atom. The number of hydrogen-bond acceptors (Lipinski definition) is 3. The molecule has 0 aliphatic carbocycles. The van der Waals surface area contributed by atoms with Crippen LogP contribution >= 0.6 is 0 Å². The Morgan fingerprint density at radius 2 is 2.20 bits per heavy atom. The van der Waals surface area contributed by atoms with Gasteiger partial charge in [0, 0.05) is 32.8 Å². The van der Waals surface area contributed by atoms with E-state index in [1.807, 2.05) is 0 Å². The monoisotopic (exact) mass is 226 g/mol. The second-order valence-electron chi connectivity index (χ2n) is 3.77. The molecule has 0 spiro atoms. The van der Waals surface area contributed by atoms with E-state index in [-0.39, 0.29) is 18.7 Å². The van der Waals surface area contributed by atoms with Crippen LogP contribution in [0.4, 0.5) is 13.2 Å². The summed E-state index contributed by atoms with van der Waals surface area (Å²) in [6.45, 7) is 1.33. The molecular formula is C9H17F3N2O. The summed E-state index contributed by atoms with van der Waals surface area (Å²) in [6.07, 6.45) is -3.78. The highest BCUT2D eigenvalue weighted by Crippen LogP contribution is 2.18. The Kier molecular flexibility index (Phi) is 4.82. The number of methoxy groups -OCH3 is 1. The van der Waals surface area contributed by atoms with Crippen LogP contribution in [0.2, 0.25) is 0 Å². The molecule has 2 atom stereocenters. The molecule has 1 aliphatic rings. The molecule has 0 aromatic heterocycles. The molecule has 1 saturated heterocycles. The first-order valence-electron chi connectivity index (χ1n) is 5.05. The Labute approximate surface area is 87.4 Å². The zero-order chi connectivity index (χ0) is 11.3. The lowest BCUT2D eigenvalue weighted by Gasteiger charge is -2.12. The molecule has 3 nitrogen and oxygen atoms in total. The second kappa shape index (κ2) is 5.67. The summed E-state index contributed by atoms with van der Waals surface area (Å²) in [4.78, 5) is 0. The van der Waals surface area contributed by atoms with Gasteiger partial charge in [-0.2, -0.15) is 13.2 Å². The fourth-order valence-electron chi connectivity index (χ4n) is 1.62. The van der Waals surface area contributed by atoms with E-state index in [4.69, 9.17) is 4.74 Å². The van der Waals surface area contributed by atoms with Crippen LogP contribution in [0.1, 0.15) is 12.8 Å². The lowest BCUT2D eigenvalue weighted by atomic mass is 10.2. The summed E-state index contributed by atoms with van der Waals surface area (Å²) in [7, 11) is 1.64. The maximum Gasteiger partial charge on any atom is 0.390 e. The number of ether oxygens (including phenoxy) is 1. The van der Waals surface area contributed by atoms with E-state index in [1.54, 1.807) is 7.11 Å². The topological polar surface area (TPSA) is 33.3 Å². The van der Waals surface area contributed by atoms with Crippen LogP contribution in [0.3, 0.4) is 0 Å². The van der Waals surface area contributed by atoms with Gasteiger partial charge in [-0.1, -0.05) is 0 Å². The standard InChI is InChI=1S/C9H17F3N2O/c1-15-8-4-7(14-6-8)5-13-3-2-9(10,11)12/h7-8,13-14H,2-6H2,1H3. The SMILES string of the molecule is COC1CNC(CNCCC(F)(F)F)C1. The van der Waals surface area contributed by atoms with Crippen LogP contribution in [0.5, 0.6) is 0 Å². The highest BCUT2D eigenvalue weighted by atomic mass is 19.4. The van der Waals surface area contributed by atoms with Gasteiger partial charge in [0.15, 0.2) is 0 Å². The van der Waals surface area contributed by atoms with Gasteiger partial charge in [0.25, 0.3) is 0 Å². The first-order valence-corrected chi connectivity index (χ1v) is 5.05. The Balaban J connectivity index is 2.02. The summed E-state index contributed by atoms with van der Waals surface area (Å²) >= 11 is 0. The zero-order valence-corrected chi connectivity index (χ0v) is 8.73. The molecule has 1 aliphatic heterocycles. The van der Waals surface area contributed by atoms with Crippen molar-refractivity contribution in [3.63, 3.8) is 0 Å². The van der Waals surface area contributed by atoms with E-state index in [0.29, 0.717) is 6.54 Å². The van der Waals surface area contributed by atoms with E-state index in [9.17, 15) is 13.2 Å². The fraction of sp³-hybridized carbons (Fsp3) is 1.00. The van der Waals surface area contributed by atoms with Crippen LogP contribution in [-0.4, -0.2) is 45.1 Å². The number of hydrogen-bond donors (Lipinski definition) is 2. The molecule has 0 bridgehead atoms. The number of nitrogens with one attached hydrogen (secondary N) is 2. The molecule has 0 aromatic carbocycles. The molecule has 90 valence electrons. The van der Waals surface area contributed by atoms with Crippen molar-refractivity contribution in [2.24, 2.45) is 0 Å². The maximum absolute atomic E-state index is 11.8. The molecule has 0 saturated carbocycles. The van der Waals surface area contributed by atoms with Crippen LogP contribution in [-0.2, 0) is 4.74 Å². The van der Waals surface area contributed by atoms with Crippen molar-refractivity contribution in [3.8, 4) is 0 Å². The number of alkyl halides is 3. The predicted octanol–water partition coefficient (Wildman–Crippen LogP) is 0.905. The quantitative estimate of drug-likeness (QED) is 0.683. The van der Waals surface area contributed by atoms with Gasteiger partial charge in [0.1, 0.15) is 0 Å². The minimum atomic E-state index is -4.06. The minimum absolute atomic E-state index is 0.0146. The summed E-state index contributed by atoms with van der Waals surface area (Å²) in [5.74, 6) is 0. The Bertz CT molecular complexity index is 187. The summed E-state index contributed by atoms with van der Waals surface area (Å²) in [5, 5.41) is 5.98. The lowest BCUT2D eigenvalue weighted by molar-refractivity contribution is -0.133. The van der Waals surface area contributed by atoms with Gasteiger partial charge < -0.3 is 15.4 Å². The average Bonchev–Trinajstić information content (AvgIpc) is 2.59. The summed E-state index contributed by atoms with van der Waals surface area (Å²) in [6, 6.07) is 0.225. The average molecular weight is 226 g/mol. The van der Waals surface area contributed by atoms with Crippen molar-refractivity contribution in [2.75, 3.05) is 26.7 Å². The smallest absolute Gasteiger partial charge is 0.380 e. The highest BCUT2D eigenvalue weighted by molar-refractivity contribution is 4.83. The third-order valence-corrected chi connectivity index (χ3v) is 2.49. The van der Waals surface area contributed by atoms with E-state index in [1.165, 1.54) is 0 Å². The molecule has 6 heteroatoms. The molecule has 0 aromatic rings. The van der Waals surface area contributed by atoms with Gasteiger partial charge in [-0.3, -0.25) is 0 Å². The van der Waals surface area contributed by atoms with E-state index in [2.05, 4.69) is 10.6 Å². The number of rotatable bonds is 5. The van der Waals surface area contributed by atoms with Crippen molar-refractivity contribution in [3.05, 3.63) is 0 Å². The molecule has 2 N–H and O–H groups in total. The highest BCUT2D eigenvalue weighted by Gasteiger charge is 2.27. The van der Waals surface area contributed by atoms with Crippen LogP contribution in [0, 0.1) is 0 Å². The van der Waals surface area contributed by atoms with Gasteiger partial charge in [0.05, 0.1) is 12.5 Å². The van der Waals surface area contributed by atoms with E-state index >= 15 is 0 Å². The molecule has 1 rings (SSSR count). The van der Waals surface area contributed by atoms with Crippen LogP contribution in [0.25, 0.3) is 0 Å². The first-order chi connectivity index (χ1) is 7.01. The first kappa shape index (κ1) is 12.7. The van der Waals surface area contributed by atoms with Crippen molar-refractivity contribution < 1.29 is 17.9 Å². The Morgan fingerprint density at radius 1 is 1.47 bits per heavy atom. The fourth-order valence-corrected chi connectivity index (χ4v) is 1.62. The zero-order valence-electron chi connectivity index (χ0n) is 8.73. The number of halogens is 3. The van der Waals surface area contributed by atoms with E-state index < -0.39 is 12.6 Å². The minimum Gasteiger partial charge on any atom is -0.380 e. The van der Waals surface area contributed by atoms with Crippen LogP contribution in [0.15, 0.2) is 0 Å². The largest absolute Gasteiger partial charge is 0.390 e. The molecule has 0 amide bonds. The normalized spacial score (nSPS) is 27.2. The summed E-state index contributed by atoms with van der Waals surface area (Å²) in [5.41, 5.74) is 0. The second-order valence-corrected chi connectivity index (χ2v) is 3.77. The van der Waals surface area contributed by atoms with Gasteiger partial charge >= 0.3 is 6.18 Å². The van der Waals surface area contributed by atoms with Crippen LogP contribution < -0.4 is 10.6 Å². The molecule has 15 heavy (non-hydrogen) atoms. The molecule has 1 fully saturated rings. The van der Waals surface area contributed by atoms with Crippen molar-refractivity contribution in [2.45, 2.75) is 31.2 Å². The Hall–Kier alpha value is -0.330. The van der Waals surface area contributed by atoms with Crippen molar-refractivity contribution in [1.82, 2.24) is 10.6 Å². The maximum atomic E-state index is 11.8.